The molecular weight excluding hydrogens is 479 g/mol. The zero-order chi connectivity index (χ0) is 25.4. The van der Waals surface area contributed by atoms with Crippen molar-refractivity contribution in [3.63, 3.8) is 0 Å². The molecule has 1 amide bonds. The Balaban J connectivity index is 1.50. The summed E-state index contributed by atoms with van der Waals surface area (Å²) in [6, 6.07) is 11.9. The second-order valence-corrected chi connectivity index (χ2v) is 11.1. The standard InChI is InChI=1S/C29H40Cl2N2O2/c1-5-6-24(10-7-20(2)3)32-29(34)23-9-12-28(21(4)17-23)35-25-13-15-33(16-14-25)19-22-8-11-26(30)27(31)18-22/h8-9,11-12,17-18,20,24-25H,5-7,10,13-16,19H2,1-4H3,(H,32,34). The minimum absolute atomic E-state index is 0.0115. The molecule has 1 N–H and O–H groups in total. The van der Waals surface area contributed by atoms with E-state index in [0.717, 1.165) is 69.5 Å². The molecule has 1 atom stereocenters. The molecule has 1 heterocycles. The van der Waals surface area contributed by atoms with E-state index in [1.165, 1.54) is 5.56 Å². The van der Waals surface area contributed by atoms with E-state index in [9.17, 15) is 4.79 Å². The van der Waals surface area contributed by atoms with Gasteiger partial charge in [0.05, 0.1) is 10.0 Å². The van der Waals surface area contributed by atoms with Crippen LogP contribution in [0.4, 0.5) is 0 Å². The molecule has 6 heteroatoms. The van der Waals surface area contributed by atoms with Crippen molar-refractivity contribution in [2.24, 2.45) is 5.92 Å². The molecule has 2 aromatic carbocycles. The van der Waals surface area contributed by atoms with Gasteiger partial charge in [-0.3, -0.25) is 9.69 Å². The molecule has 2 aromatic rings. The molecule has 35 heavy (non-hydrogen) atoms. The monoisotopic (exact) mass is 518 g/mol. The number of likely N-dealkylation sites (tertiary alicyclic amines) is 1. The van der Waals surface area contributed by atoms with Gasteiger partial charge in [0.25, 0.3) is 5.91 Å². The quantitative estimate of drug-likeness (QED) is 0.331. The van der Waals surface area contributed by atoms with Gasteiger partial charge in [-0.25, -0.2) is 0 Å². The summed E-state index contributed by atoms with van der Waals surface area (Å²) in [4.78, 5) is 15.3. The molecule has 1 unspecified atom stereocenters. The SMILES string of the molecule is CCCC(CCC(C)C)NC(=O)c1ccc(OC2CCN(Cc3ccc(Cl)c(Cl)c3)CC2)c(C)c1. The summed E-state index contributed by atoms with van der Waals surface area (Å²) < 4.78 is 6.34. The van der Waals surface area contributed by atoms with E-state index in [4.69, 9.17) is 27.9 Å². The first-order valence-electron chi connectivity index (χ1n) is 13.0. The van der Waals surface area contributed by atoms with E-state index < -0.39 is 0 Å². The van der Waals surface area contributed by atoms with Crippen LogP contribution in [0.25, 0.3) is 0 Å². The predicted octanol–water partition coefficient (Wildman–Crippen LogP) is 7.68. The maximum Gasteiger partial charge on any atom is 0.251 e. The average Bonchev–Trinajstić information content (AvgIpc) is 2.82. The Hall–Kier alpha value is -1.75. The highest BCUT2D eigenvalue weighted by molar-refractivity contribution is 6.42. The summed E-state index contributed by atoms with van der Waals surface area (Å²) >= 11 is 12.2. The number of hydrogen-bond acceptors (Lipinski definition) is 3. The highest BCUT2D eigenvalue weighted by Gasteiger charge is 2.22. The number of hydrogen-bond donors (Lipinski definition) is 1. The number of benzene rings is 2. The fraction of sp³-hybridized carbons (Fsp3) is 0.552. The summed E-state index contributed by atoms with van der Waals surface area (Å²) in [5.41, 5.74) is 2.89. The summed E-state index contributed by atoms with van der Waals surface area (Å²) in [6.07, 6.45) is 6.37. The fourth-order valence-electron chi connectivity index (χ4n) is 4.62. The van der Waals surface area contributed by atoms with Gasteiger partial charge in [0.15, 0.2) is 0 Å². The predicted molar refractivity (Wildman–Crippen MR) is 147 cm³/mol. The van der Waals surface area contributed by atoms with Crippen molar-refractivity contribution in [3.8, 4) is 5.75 Å². The van der Waals surface area contributed by atoms with E-state index in [1.807, 2.05) is 43.3 Å². The second-order valence-electron chi connectivity index (χ2n) is 10.3. The van der Waals surface area contributed by atoms with Crippen LogP contribution in [0.15, 0.2) is 36.4 Å². The van der Waals surface area contributed by atoms with Crippen molar-refractivity contribution < 1.29 is 9.53 Å². The Morgan fingerprint density at radius 3 is 2.43 bits per heavy atom. The zero-order valence-electron chi connectivity index (χ0n) is 21.6. The summed E-state index contributed by atoms with van der Waals surface area (Å²) in [6.45, 7) is 11.5. The molecule has 0 aromatic heterocycles. The average molecular weight is 520 g/mol. The number of piperidine rings is 1. The maximum atomic E-state index is 12.9. The Bertz CT molecular complexity index is 971. The van der Waals surface area contributed by atoms with Crippen LogP contribution in [0.3, 0.4) is 0 Å². The van der Waals surface area contributed by atoms with Crippen LogP contribution in [0.2, 0.25) is 10.0 Å². The first kappa shape index (κ1) is 27.8. The highest BCUT2D eigenvalue weighted by atomic mass is 35.5. The number of ether oxygens (including phenoxy) is 1. The van der Waals surface area contributed by atoms with E-state index in [1.54, 1.807) is 0 Å². The molecule has 4 nitrogen and oxygen atoms in total. The minimum atomic E-state index is 0.0115. The normalized spacial score (nSPS) is 15.9. The molecule has 1 fully saturated rings. The Labute approximate surface area is 221 Å². The lowest BCUT2D eigenvalue weighted by molar-refractivity contribution is 0.0929. The molecule has 1 saturated heterocycles. The zero-order valence-corrected chi connectivity index (χ0v) is 23.1. The smallest absolute Gasteiger partial charge is 0.251 e. The van der Waals surface area contributed by atoms with Crippen LogP contribution >= 0.6 is 23.2 Å². The van der Waals surface area contributed by atoms with Gasteiger partial charge >= 0.3 is 0 Å². The summed E-state index contributed by atoms with van der Waals surface area (Å²) in [7, 11) is 0. The van der Waals surface area contributed by atoms with Crippen LogP contribution in [0, 0.1) is 12.8 Å². The highest BCUT2D eigenvalue weighted by Crippen LogP contribution is 2.26. The molecule has 192 valence electrons. The first-order valence-corrected chi connectivity index (χ1v) is 13.7. The van der Waals surface area contributed by atoms with E-state index >= 15 is 0 Å². The molecule has 0 saturated carbocycles. The van der Waals surface area contributed by atoms with E-state index in [2.05, 4.69) is 31.0 Å². The molecular formula is C29H40Cl2N2O2. The fourth-order valence-corrected chi connectivity index (χ4v) is 4.94. The molecule has 0 bridgehead atoms. The van der Waals surface area contributed by atoms with Gasteiger partial charge in [-0.1, -0.05) is 56.5 Å². The third-order valence-corrected chi connectivity index (χ3v) is 7.46. The first-order chi connectivity index (χ1) is 16.7. The van der Waals surface area contributed by atoms with E-state index in [0.29, 0.717) is 21.5 Å². The van der Waals surface area contributed by atoms with Crippen molar-refractivity contribution in [1.29, 1.82) is 0 Å². The molecule has 3 rings (SSSR count). The number of nitrogens with one attached hydrogen (secondary N) is 1. The lowest BCUT2D eigenvalue weighted by Crippen LogP contribution is -2.38. The van der Waals surface area contributed by atoms with Gasteiger partial charge < -0.3 is 10.1 Å². The van der Waals surface area contributed by atoms with Crippen molar-refractivity contribution in [1.82, 2.24) is 10.2 Å². The number of nitrogens with zero attached hydrogens (tertiary/aromatic N) is 1. The third-order valence-electron chi connectivity index (χ3n) is 6.72. The van der Waals surface area contributed by atoms with Crippen molar-refractivity contribution >= 4 is 29.1 Å². The summed E-state index contributed by atoms with van der Waals surface area (Å²) in [5.74, 6) is 1.53. The second kappa shape index (κ2) is 13.5. The van der Waals surface area contributed by atoms with Gasteiger partial charge in [-0.15, -0.1) is 0 Å². The lowest BCUT2D eigenvalue weighted by atomic mass is 9.99. The Morgan fingerprint density at radius 1 is 1.06 bits per heavy atom. The molecule has 0 radical (unpaired) electrons. The number of carbonyl (C=O) groups is 1. The van der Waals surface area contributed by atoms with Crippen LogP contribution in [-0.2, 0) is 6.54 Å². The third kappa shape index (κ3) is 8.70. The Morgan fingerprint density at radius 2 is 1.80 bits per heavy atom. The van der Waals surface area contributed by atoms with Crippen LogP contribution in [0.1, 0.15) is 80.8 Å². The van der Waals surface area contributed by atoms with E-state index in [-0.39, 0.29) is 18.1 Å². The van der Waals surface area contributed by atoms with Gasteiger partial charge in [-0.2, -0.15) is 0 Å². The number of aryl methyl sites for hydroxylation is 1. The van der Waals surface area contributed by atoms with Crippen molar-refractivity contribution in [3.05, 3.63) is 63.1 Å². The number of rotatable bonds is 11. The summed E-state index contributed by atoms with van der Waals surface area (Å²) in [5, 5.41) is 4.44. The van der Waals surface area contributed by atoms with Gasteiger partial charge in [0.1, 0.15) is 11.9 Å². The molecule has 1 aliphatic heterocycles. The molecule has 0 spiro atoms. The number of carbonyl (C=O) groups excluding carboxylic acids is 1. The van der Waals surface area contributed by atoms with Crippen LogP contribution in [-0.4, -0.2) is 36.0 Å². The van der Waals surface area contributed by atoms with Crippen LogP contribution < -0.4 is 10.1 Å². The minimum Gasteiger partial charge on any atom is -0.490 e. The van der Waals surface area contributed by atoms with Crippen LogP contribution in [0.5, 0.6) is 5.75 Å². The number of amides is 1. The van der Waals surface area contributed by atoms with Gasteiger partial charge in [-0.05, 0) is 86.4 Å². The molecule has 1 aliphatic rings. The number of halogens is 2. The van der Waals surface area contributed by atoms with Gasteiger partial charge in [0.2, 0.25) is 0 Å². The van der Waals surface area contributed by atoms with Gasteiger partial charge in [0, 0.05) is 31.2 Å². The van der Waals surface area contributed by atoms with Crippen molar-refractivity contribution in [2.45, 2.75) is 84.9 Å². The maximum absolute atomic E-state index is 12.9. The lowest BCUT2D eigenvalue weighted by Gasteiger charge is -2.32. The molecule has 0 aliphatic carbocycles. The van der Waals surface area contributed by atoms with Crippen molar-refractivity contribution in [2.75, 3.05) is 13.1 Å². The topological polar surface area (TPSA) is 41.6 Å². The largest absolute Gasteiger partial charge is 0.490 e. The Kier molecular flexibility index (Phi) is 10.8.